The van der Waals surface area contributed by atoms with E-state index in [4.69, 9.17) is 4.74 Å². The Labute approximate surface area is 133 Å². The van der Waals surface area contributed by atoms with Gasteiger partial charge in [0.05, 0.1) is 13.7 Å². The monoisotopic (exact) mass is 330 g/mol. The lowest BCUT2D eigenvalue weighted by atomic mass is 10.2. The fourth-order valence-corrected chi connectivity index (χ4v) is 1.86. The molecule has 128 valence electrons. The fraction of sp³-hybridized carbons (Fsp3) is 0.467. The van der Waals surface area contributed by atoms with Crippen LogP contribution in [0.25, 0.3) is 0 Å². The van der Waals surface area contributed by atoms with Gasteiger partial charge in [0.15, 0.2) is 11.5 Å². The molecule has 0 aliphatic rings. The Bertz CT molecular complexity index is 552. The number of benzene rings is 1. The number of hydrogen-bond acceptors (Lipinski definition) is 4. The summed E-state index contributed by atoms with van der Waals surface area (Å²) in [6, 6.07) is 3.80. The molecule has 0 spiro atoms. The predicted octanol–water partition coefficient (Wildman–Crippen LogP) is 1.89. The highest BCUT2D eigenvalue weighted by atomic mass is 19.3. The third-order valence-corrected chi connectivity index (χ3v) is 3.03. The lowest BCUT2D eigenvalue weighted by Crippen LogP contribution is -2.38. The van der Waals surface area contributed by atoms with Crippen molar-refractivity contribution in [3.8, 4) is 11.5 Å². The summed E-state index contributed by atoms with van der Waals surface area (Å²) in [7, 11) is 2.93. The van der Waals surface area contributed by atoms with E-state index < -0.39 is 12.5 Å². The highest BCUT2D eigenvalue weighted by molar-refractivity contribution is 5.97. The van der Waals surface area contributed by atoms with Gasteiger partial charge in [-0.1, -0.05) is 6.92 Å². The molecule has 8 heteroatoms. The van der Waals surface area contributed by atoms with Gasteiger partial charge in [0, 0.05) is 19.2 Å². The Kier molecular flexibility index (Phi) is 7.24. The Morgan fingerprint density at radius 3 is 2.57 bits per heavy atom. The molecular weight excluding hydrogens is 310 g/mol. The van der Waals surface area contributed by atoms with Crippen LogP contribution in [0.2, 0.25) is 0 Å². The van der Waals surface area contributed by atoms with Crippen molar-refractivity contribution in [2.45, 2.75) is 20.0 Å². The van der Waals surface area contributed by atoms with E-state index in [0.717, 1.165) is 6.42 Å². The normalized spacial score (nSPS) is 10.3. The number of alkyl halides is 2. The minimum Gasteiger partial charge on any atom is -0.493 e. The minimum absolute atomic E-state index is 0.00683. The Morgan fingerprint density at radius 1 is 1.30 bits per heavy atom. The molecule has 0 atom stereocenters. The van der Waals surface area contributed by atoms with Gasteiger partial charge in [-0.15, -0.1) is 0 Å². The number of nitrogens with one attached hydrogen (secondary N) is 1. The zero-order valence-corrected chi connectivity index (χ0v) is 13.3. The number of amides is 2. The first kappa shape index (κ1) is 18.7. The van der Waals surface area contributed by atoms with Crippen LogP contribution in [0, 0.1) is 0 Å². The average Bonchev–Trinajstić information content (AvgIpc) is 2.52. The van der Waals surface area contributed by atoms with Crippen LogP contribution in [0.1, 0.15) is 23.7 Å². The molecule has 1 aromatic rings. The van der Waals surface area contributed by atoms with Gasteiger partial charge in [0.1, 0.15) is 0 Å². The molecule has 0 radical (unpaired) electrons. The number of methoxy groups -OCH3 is 1. The number of hydrogen-bond donors (Lipinski definition) is 1. The van der Waals surface area contributed by atoms with Crippen LogP contribution < -0.4 is 14.8 Å². The summed E-state index contributed by atoms with van der Waals surface area (Å²) in [5, 5.41) is 2.47. The van der Waals surface area contributed by atoms with Crippen molar-refractivity contribution in [3.63, 3.8) is 0 Å². The van der Waals surface area contributed by atoms with Gasteiger partial charge in [-0.3, -0.25) is 9.59 Å². The summed E-state index contributed by atoms with van der Waals surface area (Å²) in [6.07, 6.45) is 0.818. The van der Waals surface area contributed by atoms with Crippen molar-refractivity contribution in [1.82, 2.24) is 10.2 Å². The summed E-state index contributed by atoms with van der Waals surface area (Å²) in [4.78, 5) is 25.3. The summed E-state index contributed by atoms with van der Waals surface area (Å²) in [5.41, 5.74) is 0.175. The van der Waals surface area contributed by atoms with Crippen LogP contribution in [0.4, 0.5) is 8.78 Å². The third-order valence-electron chi connectivity index (χ3n) is 3.03. The zero-order chi connectivity index (χ0) is 17.4. The highest BCUT2D eigenvalue weighted by Gasteiger charge is 2.15. The van der Waals surface area contributed by atoms with E-state index in [0.29, 0.717) is 6.54 Å². The summed E-state index contributed by atoms with van der Waals surface area (Å²) < 4.78 is 33.7. The predicted molar refractivity (Wildman–Crippen MR) is 79.9 cm³/mol. The zero-order valence-electron chi connectivity index (χ0n) is 13.3. The fourth-order valence-electron chi connectivity index (χ4n) is 1.86. The lowest BCUT2D eigenvalue weighted by Gasteiger charge is -2.16. The van der Waals surface area contributed by atoms with Crippen molar-refractivity contribution in [3.05, 3.63) is 23.8 Å². The molecule has 1 rings (SSSR count). The van der Waals surface area contributed by atoms with Gasteiger partial charge in [-0.05, 0) is 24.6 Å². The van der Waals surface area contributed by atoms with Crippen molar-refractivity contribution < 1.29 is 27.8 Å². The molecule has 1 N–H and O–H groups in total. The molecule has 0 fully saturated rings. The van der Waals surface area contributed by atoms with Gasteiger partial charge in [0.2, 0.25) is 5.91 Å². The van der Waals surface area contributed by atoms with E-state index in [9.17, 15) is 18.4 Å². The van der Waals surface area contributed by atoms with Gasteiger partial charge < -0.3 is 19.7 Å². The van der Waals surface area contributed by atoms with E-state index >= 15 is 0 Å². The Morgan fingerprint density at radius 2 is 2.00 bits per heavy atom. The molecule has 0 aromatic heterocycles. The first-order valence-electron chi connectivity index (χ1n) is 7.04. The SMILES string of the molecule is CCCN(C)C(=O)CNC(=O)c1ccc(OC(F)F)c(OC)c1. The number of ether oxygens (including phenoxy) is 2. The van der Waals surface area contributed by atoms with Gasteiger partial charge in [0.25, 0.3) is 5.91 Å². The molecule has 0 bridgehead atoms. The largest absolute Gasteiger partial charge is 0.493 e. The molecule has 2 amide bonds. The smallest absolute Gasteiger partial charge is 0.387 e. The third kappa shape index (κ3) is 5.72. The van der Waals surface area contributed by atoms with Gasteiger partial charge in [-0.2, -0.15) is 8.78 Å². The number of likely N-dealkylation sites (N-methyl/N-ethyl adjacent to an activating group) is 1. The number of carbonyl (C=O) groups is 2. The number of rotatable bonds is 8. The second kappa shape index (κ2) is 8.92. The summed E-state index contributed by atoms with van der Waals surface area (Å²) in [5.74, 6) is -0.889. The van der Waals surface area contributed by atoms with Gasteiger partial charge in [-0.25, -0.2) is 0 Å². The Balaban J connectivity index is 2.71. The molecular formula is C15H20F2N2O4. The molecule has 0 saturated carbocycles. The van der Waals surface area contributed by atoms with Crippen molar-refractivity contribution in [2.24, 2.45) is 0 Å². The van der Waals surface area contributed by atoms with E-state index in [1.54, 1.807) is 7.05 Å². The Hall–Kier alpha value is -2.38. The first-order valence-corrected chi connectivity index (χ1v) is 7.04. The maximum atomic E-state index is 12.2. The first-order chi connectivity index (χ1) is 10.9. The molecule has 0 unspecified atom stereocenters. The molecule has 0 heterocycles. The van der Waals surface area contributed by atoms with Crippen LogP contribution >= 0.6 is 0 Å². The summed E-state index contributed by atoms with van der Waals surface area (Å²) in [6.45, 7) is -0.595. The number of carbonyl (C=O) groups excluding carboxylic acids is 2. The van der Waals surface area contributed by atoms with E-state index in [2.05, 4.69) is 10.1 Å². The maximum absolute atomic E-state index is 12.2. The van der Waals surface area contributed by atoms with Crippen molar-refractivity contribution in [1.29, 1.82) is 0 Å². The lowest BCUT2D eigenvalue weighted by molar-refractivity contribution is -0.128. The molecule has 23 heavy (non-hydrogen) atoms. The van der Waals surface area contributed by atoms with Crippen LogP contribution in [-0.4, -0.2) is 50.6 Å². The second-order valence-corrected chi connectivity index (χ2v) is 4.74. The molecule has 0 saturated heterocycles. The van der Waals surface area contributed by atoms with Crippen LogP contribution in [0.5, 0.6) is 11.5 Å². The summed E-state index contributed by atoms with van der Waals surface area (Å²) >= 11 is 0. The molecule has 6 nitrogen and oxygen atoms in total. The standard InChI is InChI=1S/C15H20F2N2O4/c1-4-7-19(2)13(20)9-18-14(21)10-5-6-11(23-15(16)17)12(8-10)22-3/h5-6,8,15H,4,7,9H2,1-3H3,(H,18,21). The second-order valence-electron chi connectivity index (χ2n) is 4.74. The van der Waals surface area contributed by atoms with Crippen LogP contribution in [-0.2, 0) is 4.79 Å². The maximum Gasteiger partial charge on any atom is 0.387 e. The molecule has 0 aliphatic carbocycles. The topological polar surface area (TPSA) is 67.9 Å². The van der Waals surface area contributed by atoms with Gasteiger partial charge >= 0.3 is 6.61 Å². The number of halogens is 2. The molecule has 0 aliphatic heterocycles. The van der Waals surface area contributed by atoms with E-state index in [-0.39, 0.29) is 29.5 Å². The van der Waals surface area contributed by atoms with Crippen LogP contribution in [0.3, 0.4) is 0 Å². The minimum atomic E-state index is -2.99. The highest BCUT2D eigenvalue weighted by Crippen LogP contribution is 2.29. The number of nitrogens with zero attached hydrogens (tertiary/aromatic N) is 1. The van der Waals surface area contributed by atoms with Crippen molar-refractivity contribution in [2.75, 3.05) is 27.2 Å². The van der Waals surface area contributed by atoms with E-state index in [1.165, 1.54) is 30.2 Å². The average molecular weight is 330 g/mol. The molecule has 1 aromatic carbocycles. The van der Waals surface area contributed by atoms with Crippen LogP contribution in [0.15, 0.2) is 18.2 Å². The van der Waals surface area contributed by atoms with E-state index in [1.807, 2.05) is 6.92 Å². The van der Waals surface area contributed by atoms with Crippen molar-refractivity contribution >= 4 is 11.8 Å². The quantitative estimate of drug-likeness (QED) is 0.790.